The Balaban J connectivity index is 1.87. The molecule has 2 rings (SSSR count). The maximum Gasteiger partial charge on any atom is 0.434 e. The summed E-state index contributed by atoms with van der Waals surface area (Å²) in [5, 5.41) is 7.34. The van der Waals surface area contributed by atoms with Crippen LogP contribution in [0.5, 0.6) is 5.88 Å². The minimum Gasteiger partial charge on any atom is -0.478 e. The van der Waals surface area contributed by atoms with Gasteiger partial charge in [-0.05, 0) is 18.6 Å². The van der Waals surface area contributed by atoms with Gasteiger partial charge in [-0.2, -0.15) is 13.2 Å². The van der Waals surface area contributed by atoms with Crippen LogP contribution in [0.1, 0.15) is 23.2 Å². The second kappa shape index (κ2) is 8.65. The Hall–Kier alpha value is -2.36. The number of hydrogen-bond donors (Lipinski definition) is 2. The largest absolute Gasteiger partial charge is 0.478 e. The van der Waals surface area contributed by atoms with Gasteiger partial charge in [0.05, 0.1) is 13.2 Å². The van der Waals surface area contributed by atoms with Gasteiger partial charge in [0.1, 0.15) is 5.01 Å². The predicted octanol–water partition coefficient (Wildman–Crippen LogP) is 2.82. The fraction of sp³-hybridized carbons (Fsp3) is 0.400. The number of alkyl halides is 3. The molecule has 0 amide bonds. The summed E-state index contributed by atoms with van der Waals surface area (Å²) in [5.74, 6) is 0.991. The van der Waals surface area contributed by atoms with Crippen molar-refractivity contribution in [3.8, 4) is 5.88 Å². The van der Waals surface area contributed by atoms with Crippen molar-refractivity contribution in [2.24, 2.45) is 4.99 Å². The molecule has 0 bridgehead atoms. The molecular weight excluding hydrogens is 355 g/mol. The van der Waals surface area contributed by atoms with Crippen molar-refractivity contribution in [3.05, 3.63) is 40.0 Å². The van der Waals surface area contributed by atoms with E-state index in [2.05, 4.69) is 25.6 Å². The third kappa shape index (κ3) is 5.89. The van der Waals surface area contributed by atoms with E-state index in [9.17, 15) is 13.2 Å². The van der Waals surface area contributed by atoms with E-state index in [0.29, 0.717) is 30.0 Å². The average molecular weight is 373 g/mol. The summed E-state index contributed by atoms with van der Waals surface area (Å²) in [6.07, 6.45) is -2.78. The molecule has 0 spiro atoms. The van der Waals surface area contributed by atoms with E-state index in [1.165, 1.54) is 0 Å². The average Bonchev–Trinajstić information content (AvgIpc) is 3.05. The molecule has 0 saturated carbocycles. The van der Waals surface area contributed by atoms with Crippen LogP contribution >= 0.6 is 11.3 Å². The Labute approximate surface area is 147 Å². The molecule has 2 aromatic heterocycles. The summed E-state index contributed by atoms with van der Waals surface area (Å²) in [6.45, 7) is 3.02. The SMILES string of the molecule is CCOc1cc(CNC(=NC)NCc2nc(C(F)(F)F)cs2)ccn1. The van der Waals surface area contributed by atoms with Crippen molar-refractivity contribution in [3.63, 3.8) is 0 Å². The van der Waals surface area contributed by atoms with Crippen LogP contribution in [0.15, 0.2) is 28.7 Å². The van der Waals surface area contributed by atoms with Crippen molar-refractivity contribution in [2.75, 3.05) is 13.7 Å². The minimum atomic E-state index is -4.42. The van der Waals surface area contributed by atoms with Crippen molar-refractivity contribution in [2.45, 2.75) is 26.2 Å². The van der Waals surface area contributed by atoms with Gasteiger partial charge in [0.15, 0.2) is 11.7 Å². The number of aromatic nitrogens is 2. The van der Waals surface area contributed by atoms with Gasteiger partial charge >= 0.3 is 6.18 Å². The molecule has 0 aliphatic rings. The number of thiazole rings is 1. The lowest BCUT2D eigenvalue weighted by molar-refractivity contribution is -0.140. The molecular formula is C15H18F3N5OS. The van der Waals surface area contributed by atoms with E-state index in [0.717, 1.165) is 22.3 Å². The normalized spacial score (nSPS) is 12.1. The summed E-state index contributed by atoms with van der Waals surface area (Å²) in [5.41, 5.74) is 0.0625. The van der Waals surface area contributed by atoms with Gasteiger partial charge in [-0.3, -0.25) is 4.99 Å². The predicted molar refractivity (Wildman–Crippen MR) is 89.6 cm³/mol. The van der Waals surface area contributed by atoms with Crippen LogP contribution in [0, 0.1) is 0 Å². The molecule has 0 radical (unpaired) electrons. The lowest BCUT2D eigenvalue weighted by atomic mass is 10.2. The zero-order valence-corrected chi connectivity index (χ0v) is 14.5. The minimum absolute atomic E-state index is 0.154. The van der Waals surface area contributed by atoms with Crippen LogP contribution in [0.2, 0.25) is 0 Å². The fourth-order valence-electron chi connectivity index (χ4n) is 1.88. The Morgan fingerprint density at radius 1 is 1.32 bits per heavy atom. The molecule has 2 heterocycles. The van der Waals surface area contributed by atoms with Gasteiger partial charge in [0, 0.05) is 31.2 Å². The molecule has 10 heteroatoms. The van der Waals surface area contributed by atoms with E-state index in [4.69, 9.17) is 4.74 Å². The zero-order chi connectivity index (χ0) is 18.3. The smallest absolute Gasteiger partial charge is 0.434 e. The molecule has 136 valence electrons. The Bertz CT molecular complexity index is 717. The Morgan fingerprint density at radius 2 is 2.08 bits per heavy atom. The highest BCUT2D eigenvalue weighted by Crippen LogP contribution is 2.29. The molecule has 0 saturated heterocycles. The van der Waals surface area contributed by atoms with Gasteiger partial charge in [0.2, 0.25) is 5.88 Å². The van der Waals surface area contributed by atoms with E-state index in [1.54, 1.807) is 19.3 Å². The monoisotopic (exact) mass is 373 g/mol. The van der Waals surface area contributed by atoms with Crippen molar-refractivity contribution in [1.29, 1.82) is 0 Å². The molecule has 0 aliphatic heterocycles. The number of halogens is 3. The van der Waals surface area contributed by atoms with E-state index >= 15 is 0 Å². The first-order valence-corrected chi connectivity index (χ1v) is 8.34. The van der Waals surface area contributed by atoms with Crippen molar-refractivity contribution < 1.29 is 17.9 Å². The molecule has 0 aromatic carbocycles. The van der Waals surface area contributed by atoms with Gasteiger partial charge in [0.25, 0.3) is 0 Å². The second-order valence-electron chi connectivity index (χ2n) is 4.84. The van der Waals surface area contributed by atoms with Crippen LogP contribution in [0.4, 0.5) is 13.2 Å². The van der Waals surface area contributed by atoms with E-state index < -0.39 is 11.9 Å². The number of rotatable bonds is 6. The third-order valence-corrected chi connectivity index (χ3v) is 3.87. The summed E-state index contributed by atoms with van der Waals surface area (Å²) >= 11 is 0.950. The highest BCUT2D eigenvalue weighted by atomic mass is 32.1. The number of hydrogen-bond acceptors (Lipinski definition) is 5. The summed E-state index contributed by atoms with van der Waals surface area (Å²) in [7, 11) is 1.58. The van der Waals surface area contributed by atoms with Gasteiger partial charge in [-0.15, -0.1) is 11.3 Å². The first-order valence-electron chi connectivity index (χ1n) is 7.46. The van der Waals surface area contributed by atoms with E-state index in [1.807, 2.05) is 13.0 Å². The number of pyridine rings is 1. The van der Waals surface area contributed by atoms with Crippen molar-refractivity contribution in [1.82, 2.24) is 20.6 Å². The van der Waals surface area contributed by atoms with E-state index in [-0.39, 0.29) is 6.54 Å². The number of ether oxygens (including phenoxy) is 1. The van der Waals surface area contributed by atoms with Crippen LogP contribution < -0.4 is 15.4 Å². The summed E-state index contributed by atoms with van der Waals surface area (Å²) in [6, 6.07) is 3.64. The van der Waals surface area contributed by atoms with Crippen molar-refractivity contribution >= 4 is 17.3 Å². The summed E-state index contributed by atoms with van der Waals surface area (Å²) in [4.78, 5) is 11.7. The first kappa shape index (κ1) is 19.0. The zero-order valence-electron chi connectivity index (χ0n) is 13.7. The molecule has 0 fully saturated rings. The maximum atomic E-state index is 12.5. The van der Waals surface area contributed by atoms with Crippen LogP contribution in [-0.4, -0.2) is 29.6 Å². The number of nitrogens with one attached hydrogen (secondary N) is 2. The molecule has 25 heavy (non-hydrogen) atoms. The highest BCUT2D eigenvalue weighted by Gasteiger charge is 2.33. The van der Waals surface area contributed by atoms with Crippen LogP contribution in [-0.2, 0) is 19.3 Å². The quantitative estimate of drug-likeness (QED) is 0.602. The van der Waals surface area contributed by atoms with Gasteiger partial charge in [-0.1, -0.05) is 0 Å². The molecule has 2 N–H and O–H groups in total. The Kier molecular flexibility index (Phi) is 6.57. The molecule has 2 aromatic rings. The fourth-order valence-corrected chi connectivity index (χ4v) is 2.62. The topological polar surface area (TPSA) is 71.4 Å². The number of nitrogens with zero attached hydrogens (tertiary/aromatic N) is 3. The van der Waals surface area contributed by atoms with Crippen LogP contribution in [0.25, 0.3) is 0 Å². The lowest BCUT2D eigenvalue weighted by Gasteiger charge is -2.11. The van der Waals surface area contributed by atoms with Gasteiger partial charge < -0.3 is 15.4 Å². The lowest BCUT2D eigenvalue weighted by Crippen LogP contribution is -2.36. The summed E-state index contributed by atoms with van der Waals surface area (Å²) < 4.78 is 42.9. The van der Waals surface area contributed by atoms with Crippen LogP contribution in [0.3, 0.4) is 0 Å². The molecule has 6 nitrogen and oxygen atoms in total. The standard InChI is InChI=1S/C15H18F3N5OS/c1-3-24-12-6-10(4-5-20-12)7-21-14(19-2)22-8-13-23-11(9-25-13)15(16,17)18/h4-6,9H,3,7-8H2,1-2H3,(H2,19,21,22). The molecule has 0 unspecified atom stereocenters. The second-order valence-corrected chi connectivity index (χ2v) is 5.78. The Morgan fingerprint density at radius 3 is 2.72 bits per heavy atom. The number of guanidine groups is 1. The molecule has 0 aliphatic carbocycles. The highest BCUT2D eigenvalue weighted by molar-refractivity contribution is 7.09. The van der Waals surface area contributed by atoms with Gasteiger partial charge in [-0.25, -0.2) is 9.97 Å². The first-order chi connectivity index (χ1) is 11.9. The maximum absolute atomic E-state index is 12.5. The third-order valence-electron chi connectivity index (χ3n) is 3.02. The molecule has 0 atom stereocenters. The number of aliphatic imine (C=N–C) groups is 1.